The van der Waals surface area contributed by atoms with Crippen LogP contribution in [0.2, 0.25) is 0 Å². The molecule has 0 heterocycles. The van der Waals surface area contributed by atoms with E-state index in [1.807, 2.05) is 24.3 Å². The molecule has 0 saturated carbocycles. The van der Waals surface area contributed by atoms with Crippen LogP contribution < -0.4 is 0 Å². The van der Waals surface area contributed by atoms with Gasteiger partial charge in [-0.2, -0.15) is 0 Å². The standard InChI is InChI=1S/C15H19N/c1-4-11-16(12-5-2)13-15-10-8-7-9-14(15)6-3/h4-10H,1-3,11-13H2. The molecule has 16 heavy (non-hydrogen) atoms. The first-order chi connectivity index (χ1) is 7.81. The Bertz CT molecular complexity index is 355. The summed E-state index contributed by atoms with van der Waals surface area (Å²) in [6, 6.07) is 8.31. The largest absolute Gasteiger partial charge is 0.292 e. The third-order valence-electron chi connectivity index (χ3n) is 2.44. The molecule has 0 saturated heterocycles. The van der Waals surface area contributed by atoms with Gasteiger partial charge in [-0.05, 0) is 11.1 Å². The van der Waals surface area contributed by atoms with Crippen molar-refractivity contribution in [3.63, 3.8) is 0 Å². The van der Waals surface area contributed by atoms with Crippen molar-refractivity contribution in [3.05, 3.63) is 67.3 Å². The van der Waals surface area contributed by atoms with Gasteiger partial charge in [0.2, 0.25) is 0 Å². The van der Waals surface area contributed by atoms with Gasteiger partial charge in [-0.25, -0.2) is 0 Å². The summed E-state index contributed by atoms with van der Waals surface area (Å²) in [5.74, 6) is 0. The SMILES string of the molecule is C=CCN(CC=C)Cc1ccccc1C=C. The van der Waals surface area contributed by atoms with E-state index in [0.717, 1.165) is 19.6 Å². The van der Waals surface area contributed by atoms with Gasteiger partial charge in [-0.3, -0.25) is 4.90 Å². The fourth-order valence-corrected chi connectivity index (χ4v) is 1.69. The van der Waals surface area contributed by atoms with Crippen LogP contribution in [-0.2, 0) is 6.54 Å². The Morgan fingerprint density at radius 3 is 2.19 bits per heavy atom. The lowest BCUT2D eigenvalue weighted by Gasteiger charge is -2.19. The van der Waals surface area contributed by atoms with Crippen LogP contribution in [0.15, 0.2) is 56.2 Å². The molecule has 0 atom stereocenters. The maximum atomic E-state index is 3.83. The first kappa shape index (κ1) is 12.5. The molecule has 84 valence electrons. The van der Waals surface area contributed by atoms with E-state index < -0.39 is 0 Å². The van der Waals surface area contributed by atoms with Crippen LogP contribution in [0.5, 0.6) is 0 Å². The van der Waals surface area contributed by atoms with E-state index in [2.05, 4.69) is 42.8 Å². The minimum atomic E-state index is 0.873. The van der Waals surface area contributed by atoms with Crippen LogP contribution in [0.25, 0.3) is 6.08 Å². The molecule has 1 rings (SSSR count). The van der Waals surface area contributed by atoms with Crippen molar-refractivity contribution in [2.24, 2.45) is 0 Å². The molecule has 0 aliphatic carbocycles. The predicted molar refractivity (Wildman–Crippen MR) is 72.2 cm³/mol. The summed E-state index contributed by atoms with van der Waals surface area (Å²) < 4.78 is 0. The summed E-state index contributed by atoms with van der Waals surface area (Å²) in [7, 11) is 0. The van der Waals surface area contributed by atoms with Crippen LogP contribution in [0, 0.1) is 0 Å². The minimum absolute atomic E-state index is 0.873. The Morgan fingerprint density at radius 2 is 1.62 bits per heavy atom. The zero-order valence-electron chi connectivity index (χ0n) is 9.73. The average Bonchev–Trinajstić information content (AvgIpc) is 2.30. The van der Waals surface area contributed by atoms with Gasteiger partial charge in [0.25, 0.3) is 0 Å². The number of benzene rings is 1. The normalized spacial score (nSPS) is 10.1. The fraction of sp³-hybridized carbons (Fsp3) is 0.200. The molecule has 0 aromatic heterocycles. The van der Waals surface area contributed by atoms with Crippen molar-refractivity contribution in [1.82, 2.24) is 4.90 Å². The van der Waals surface area contributed by atoms with Gasteiger partial charge >= 0.3 is 0 Å². The molecule has 0 amide bonds. The van der Waals surface area contributed by atoms with Crippen LogP contribution in [0.4, 0.5) is 0 Å². The molecule has 0 radical (unpaired) electrons. The van der Waals surface area contributed by atoms with Crippen LogP contribution in [0.3, 0.4) is 0 Å². The monoisotopic (exact) mass is 213 g/mol. The minimum Gasteiger partial charge on any atom is -0.292 e. The van der Waals surface area contributed by atoms with E-state index in [1.54, 1.807) is 0 Å². The van der Waals surface area contributed by atoms with Crippen molar-refractivity contribution in [1.29, 1.82) is 0 Å². The molecule has 0 aliphatic heterocycles. The Labute approximate surface area is 98.4 Å². The highest BCUT2D eigenvalue weighted by atomic mass is 15.1. The Kier molecular flexibility index (Phi) is 5.30. The summed E-state index contributed by atoms with van der Waals surface area (Å²) >= 11 is 0. The third-order valence-corrected chi connectivity index (χ3v) is 2.44. The molecule has 0 bridgehead atoms. The summed E-state index contributed by atoms with van der Waals surface area (Å²) in [6.07, 6.45) is 5.73. The maximum absolute atomic E-state index is 3.83. The van der Waals surface area contributed by atoms with E-state index in [4.69, 9.17) is 0 Å². The second kappa shape index (κ2) is 6.81. The van der Waals surface area contributed by atoms with E-state index in [0.29, 0.717) is 0 Å². The second-order valence-electron chi connectivity index (χ2n) is 3.67. The van der Waals surface area contributed by atoms with E-state index in [9.17, 15) is 0 Å². The molecule has 1 aromatic rings. The topological polar surface area (TPSA) is 3.24 Å². The molecule has 0 unspecified atom stereocenters. The Balaban J connectivity index is 2.78. The lowest BCUT2D eigenvalue weighted by Crippen LogP contribution is -2.23. The van der Waals surface area contributed by atoms with E-state index >= 15 is 0 Å². The van der Waals surface area contributed by atoms with Crippen LogP contribution >= 0.6 is 0 Å². The van der Waals surface area contributed by atoms with Crippen molar-refractivity contribution < 1.29 is 0 Å². The molecular formula is C15H19N. The van der Waals surface area contributed by atoms with Crippen molar-refractivity contribution in [2.75, 3.05) is 13.1 Å². The van der Waals surface area contributed by atoms with Gasteiger partial charge in [0.1, 0.15) is 0 Å². The van der Waals surface area contributed by atoms with Crippen molar-refractivity contribution in [3.8, 4) is 0 Å². The predicted octanol–water partition coefficient (Wildman–Crippen LogP) is 3.50. The third kappa shape index (κ3) is 3.52. The van der Waals surface area contributed by atoms with Gasteiger partial charge in [0.05, 0.1) is 0 Å². The van der Waals surface area contributed by atoms with Crippen molar-refractivity contribution >= 4 is 6.08 Å². The van der Waals surface area contributed by atoms with Gasteiger partial charge in [0.15, 0.2) is 0 Å². The summed E-state index contributed by atoms with van der Waals surface area (Å²) in [5.41, 5.74) is 2.49. The molecule has 1 nitrogen and oxygen atoms in total. The lowest BCUT2D eigenvalue weighted by molar-refractivity contribution is 0.327. The molecule has 0 aliphatic rings. The smallest absolute Gasteiger partial charge is 0.0246 e. The molecule has 0 spiro atoms. The van der Waals surface area contributed by atoms with E-state index in [-0.39, 0.29) is 0 Å². The van der Waals surface area contributed by atoms with E-state index in [1.165, 1.54) is 11.1 Å². The van der Waals surface area contributed by atoms with Gasteiger partial charge in [0, 0.05) is 19.6 Å². The van der Waals surface area contributed by atoms with Gasteiger partial charge in [-0.15, -0.1) is 13.2 Å². The first-order valence-electron chi connectivity index (χ1n) is 5.46. The Morgan fingerprint density at radius 1 is 1.00 bits per heavy atom. The lowest BCUT2D eigenvalue weighted by atomic mass is 10.1. The average molecular weight is 213 g/mol. The summed E-state index contributed by atoms with van der Waals surface area (Å²) in [6.45, 7) is 14.0. The van der Waals surface area contributed by atoms with Crippen molar-refractivity contribution in [2.45, 2.75) is 6.54 Å². The molecular weight excluding hydrogens is 194 g/mol. The highest BCUT2D eigenvalue weighted by Gasteiger charge is 2.04. The molecule has 0 N–H and O–H groups in total. The van der Waals surface area contributed by atoms with Crippen LogP contribution in [0.1, 0.15) is 11.1 Å². The second-order valence-corrected chi connectivity index (χ2v) is 3.67. The zero-order chi connectivity index (χ0) is 11.8. The quantitative estimate of drug-likeness (QED) is 0.627. The highest BCUT2D eigenvalue weighted by Crippen LogP contribution is 2.12. The maximum Gasteiger partial charge on any atom is 0.0246 e. The summed E-state index contributed by atoms with van der Waals surface area (Å²) in [5, 5.41) is 0. The molecule has 1 aromatic carbocycles. The highest BCUT2D eigenvalue weighted by molar-refractivity contribution is 5.51. The number of hydrogen-bond donors (Lipinski definition) is 0. The number of hydrogen-bond acceptors (Lipinski definition) is 1. The van der Waals surface area contributed by atoms with Crippen LogP contribution in [-0.4, -0.2) is 18.0 Å². The Hall–Kier alpha value is -1.60. The molecule has 1 heteroatoms. The number of rotatable bonds is 7. The zero-order valence-corrected chi connectivity index (χ0v) is 9.73. The fourth-order valence-electron chi connectivity index (χ4n) is 1.69. The molecule has 0 fully saturated rings. The number of nitrogens with zero attached hydrogens (tertiary/aromatic N) is 1. The van der Waals surface area contributed by atoms with Gasteiger partial charge < -0.3 is 0 Å². The van der Waals surface area contributed by atoms with Gasteiger partial charge in [-0.1, -0.05) is 49.1 Å². The first-order valence-corrected chi connectivity index (χ1v) is 5.46. The summed E-state index contributed by atoms with van der Waals surface area (Å²) in [4.78, 5) is 2.28.